The molecule has 0 aromatic heterocycles. The quantitative estimate of drug-likeness (QED) is 0.787. The van der Waals surface area contributed by atoms with Crippen LogP contribution in [0.5, 0.6) is 0 Å². The summed E-state index contributed by atoms with van der Waals surface area (Å²) >= 11 is 5.93. The summed E-state index contributed by atoms with van der Waals surface area (Å²) in [5.41, 5.74) is 8.32. The van der Waals surface area contributed by atoms with Crippen LogP contribution >= 0.6 is 11.6 Å². The Labute approximate surface area is 104 Å². The lowest BCUT2D eigenvalue weighted by Crippen LogP contribution is -2.00. The fourth-order valence-electron chi connectivity index (χ4n) is 1.54. The predicted octanol–water partition coefficient (Wildman–Crippen LogP) is 4.11. The van der Waals surface area contributed by atoms with Crippen LogP contribution in [0, 0.1) is 12.7 Å². The van der Waals surface area contributed by atoms with Crippen molar-refractivity contribution in [2.45, 2.75) is 6.92 Å². The Balaban J connectivity index is 2.42. The van der Waals surface area contributed by atoms with E-state index in [9.17, 15) is 4.39 Å². The SMILES string of the molecule is Cc1cccc(Nc2c(F)cccc2Cl)c1N. The van der Waals surface area contributed by atoms with Gasteiger partial charge in [0.1, 0.15) is 5.82 Å². The van der Waals surface area contributed by atoms with Crippen molar-refractivity contribution in [3.8, 4) is 0 Å². The van der Waals surface area contributed by atoms with Crippen molar-refractivity contribution < 1.29 is 4.39 Å². The van der Waals surface area contributed by atoms with E-state index in [-0.39, 0.29) is 5.69 Å². The van der Waals surface area contributed by atoms with Crippen molar-refractivity contribution in [3.63, 3.8) is 0 Å². The molecule has 88 valence electrons. The molecule has 0 heterocycles. The fourth-order valence-corrected chi connectivity index (χ4v) is 1.75. The molecule has 2 nitrogen and oxygen atoms in total. The molecule has 0 fully saturated rings. The second-order valence-corrected chi connectivity index (χ2v) is 4.17. The van der Waals surface area contributed by atoms with E-state index in [1.807, 2.05) is 19.1 Å². The van der Waals surface area contributed by atoms with Crippen LogP contribution in [0.15, 0.2) is 36.4 Å². The van der Waals surface area contributed by atoms with E-state index in [0.717, 1.165) is 5.56 Å². The molecular formula is C13H12ClFN2. The Bertz CT molecular complexity index is 535. The second kappa shape index (κ2) is 4.63. The first-order chi connectivity index (χ1) is 8.09. The predicted molar refractivity (Wildman–Crippen MR) is 70.3 cm³/mol. The first kappa shape index (κ1) is 11.7. The minimum Gasteiger partial charge on any atom is -0.397 e. The van der Waals surface area contributed by atoms with Crippen LogP contribution in [-0.4, -0.2) is 0 Å². The number of para-hydroxylation sites is 2. The average Bonchev–Trinajstić information content (AvgIpc) is 2.29. The normalized spacial score (nSPS) is 10.3. The zero-order chi connectivity index (χ0) is 12.4. The summed E-state index contributed by atoms with van der Waals surface area (Å²) in [5, 5.41) is 3.24. The molecule has 0 aliphatic heterocycles. The van der Waals surface area contributed by atoms with Crippen molar-refractivity contribution >= 4 is 28.7 Å². The molecule has 0 amide bonds. The zero-order valence-electron chi connectivity index (χ0n) is 9.30. The van der Waals surface area contributed by atoms with Crippen LogP contribution in [0.2, 0.25) is 5.02 Å². The Morgan fingerprint density at radius 1 is 1.18 bits per heavy atom. The van der Waals surface area contributed by atoms with Crippen LogP contribution in [0.25, 0.3) is 0 Å². The van der Waals surface area contributed by atoms with Gasteiger partial charge in [0.15, 0.2) is 0 Å². The van der Waals surface area contributed by atoms with Crippen molar-refractivity contribution in [1.29, 1.82) is 0 Å². The van der Waals surface area contributed by atoms with Gasteiger partial charge in [-0.25, -0.2) is 4.39 Å². The van der Waals surface area contributed by atoms with Gasteiger partial charge in [0.25, 0.3) is 0 Å². The summed E-state index contributed by atoms with van der Waals surface area (Å²) < 4.78 is 13.6. The lowest BCUT2D eigenvalue weighted by atomic mass is 10.1. The highest BCUT2D eigenvalue weighted by Gasteiger charge is 2.09. The van der Waals surface area contributed by atoms with Gasteiger partial charge in [0.05, 0.1) is 22.1 Å². The third-order valence-corrected chi connectivity index (χ3v) is 2.86. The maximum Gasteiger partial charge on any atom is 0.148 e. The molecule has 0 atom stereocenters. The Hall–Kier alpha value is -1.74. The Morgan fingerprint density at radius 2 is 1.88 bits per heavy atom. The Morgan fingerprint density at radius 3 is 2.59 bits per heavy atom. The van der Waals surface area contributed by atoms with Gasteiger partial charge in [-0.1, -0.05) is 29.8 Å². The molecular weight excluding hydrogens is 239 g/mol. The first-order valence-corrected chi connectivity index (χ1v) is 5.53. The van der Waals surface area contributed by atoms with E-state index in [2.05, 4.69) is 5.32 Å². The largest absolute Gasteiger partial charge is 0.397 e. The summed E-state index contributed by atoms with van der Waals surface area (Å²) in [6.07, 6.45) is 0. The maximum atomic E-state index is 13.6. The molecule has 4 heteroatoms. The molecule has 2 aromatic carbocycles. The molecule has 0 saturated heterocycles. The summed E-state index contributed by atoms with van der Waals surface area (Å²) in [6.45, 7) is 1.89. The zero-order valence-corrected chi connectivity index (χ0v) is 10.1. The summed E-state index contributed by atoms with van der Waals surface area (Å²) in [6, 6.07) is 10.1. The van der Waals surface area contributed by atoms with Gasteiger partial charge in [-0.15, -0.1) is 0 Å². The van der Waals surface area contributed by atoms with E-state index in [0.29, 0.717) is 16.4 Å². The molecule has 0 aliphatic rings. The van der Waals surface area contributed by atoms with Gasteiger partial charge >= 0.3 is 0 Å². The van der Waals surface area contributed by atoms with Crippen LogP contribution in [0.3, 0.4) is 0 Å². The van der Waals surface area contributed by atoms with Crippen LogP contribution in [0.1, 0.15) is 5.56 Å². The fraction of sp³-hybridized carbons (Fsp3) is 0.0769. The Kier molecular flexibility index (Phi) is 3.20. The van der Waals surface area contributed by atoms with Gasteiger partial charge < -0.3 is 11.1 Å². The average molecular weight is 251 g/mol. The summed E-state index contributed by atoms with van der Waals surface area (Å²) in [4.78, 5) is 0. The van der Waals surface area contributed by atoms with Gasteiger partial charge in [0.2, 0.25) is 0 Å². The van der Waals surface area contributed by atoms with E-state index in [4.69, 9.17) is 17.3 Å². The van der Waals surface area contributed by atoms with E-state index >= 15 is 0 Å². The minimum atomic E-state index is -0.404. The number of aryl methyl sites for hydroxylation is 1. The molecule has 3 N–H and O–H groups in total. The van der Waals surface area contributed by atoms with Gasteiger partial charge in [-0.3, -0.25) is 0 Å². The number of rotatable bonds is 2. The first-order valence-electron chi connectivity index (χ1n) is 5.15. The molecule has 2 rings (SSSR count). The summed E-state index contributed by atoms with van der Waals surface area (Å²) in [5.74, 6) is -0.404. The second-order valence-electron chi connectivity index (χ2n) is 3.76. The molecule has 0 radical (unpaired) electrons. The van der Waals surface area contributed by atoms with Crippen LogP contribution < -0.4 is 11.1 Å². The molecule has 2 aromatic rings. The van der Waals surface area contributed by atoms with Gasteiger partial charge in [-0.2, -0.15) is 0 Å². The van der Waals surface area contributed by atoms with Crippen LogP contribution in [0.4, 0.5) is 21.5 Å². The maximum absolute atomic E-state index is 13.6. The van der Waals surface area contributed by atoms with Crippen molar-refractivity contribution in [3.05, 3.63) is 52.8 Å². The third-order valence-electron chi connectivity index (χ3n) is 2.55. The highest BCUT2D eigenvalue weighted by molar-refractivity contribution is 6.33. The van der Waals surface area contributed by atoms with Crippen molar-refractivity contribution in [1.82, 2.24) is 0 Å². The number of nitrogens with two attached hydrogens (primary N) is 1. The lowest BCUT2D eigenvalue weighted by molar-refractivity contribution is 0.632. The standard InChI is InChI=1S/C13H12ClFN2/c1-8-4-2-7-11(12(8)16)17-13-9(14)5-3-6-10(13)15/h2-7,17H,16H2,1H3. The molecule has 0 unspecified atom stereocenters. The van der Waals surface area contributed by atoms with Crippen LogP contribution in [-0.2, 0) is 0 Å². The van der Waals surface area contributed by atoms with E-state index in [1.165, 1.54) is 6.07 Å². The number of nitrogen functional groups attached to an aromatic ring is 1. The number of halogens is 2. The molecule has 0 aliphatic carbocycles. The molecule has 0 bridgehead atoms. The third kappa shape index (κ3) is 2.34. The molecule has 0 saturated carbocycles. The number of benzene rings is 2. The van der Waals surface area contributed by atoms with Gasteiger partial charge in [0, 0.05) is 0 Å². The highest BCUT2D eigenvalue weighted by Crippen LogP contribution is 2.31. The number of hydrogen-bond acceptors (Lipinski definition) is 2. The lowest BCUT2D eigenvalue weighted by Gasteiger charge is -2.12. The van der Waals surface area contributed by atoms with E-state index < -0.39 is 5.82 Å². The minimum absolute atomic E-state index is 0.242. The van der Waals surface area contributed by atoms with Crippen molar-refractivity contribution in [2.24, 2.45) is 0 Å². The smallest absolute Gasteiger partial charge is 0.148 e. The van der Waals surface area contributed by atoms with Crippen molar-refractivity contribution in [2.75, 3.05) is 11.1 Å². The monoisotopic (exact) mass is 250 g/mol. The number of nitrogens with one attached hydrogen (secondary N) is 1. The van der Waals surface area contributed by atoms with E-state index in [1.54, 1.807) is 18.2 Å². The summed E-state index contributed by atoms with van der Waals surface area (Å²) in [7, 11) is 0. The highest BCUT2D eigenvalue weighted by atomic mass is 35.5. The topological polar surface area (TPSA) is 38.0 Å². The molecule has 17 heavy (non-hydrogen) atoms. The van der Waals surface area contributed by atoms with Gasteiger partial charge in [-0.05, 0) is 30.7 Å². The molecule has 0 spiro atoms. The number of anilines is 3. The number of hydrogen-bond donors (Lipinski definition) is 2.